The van der Waals surface area contributed by atoms with Gasteiger partial charge in [0.1, 0.15) is 6.10 Å². The van der Waals surface area contributed by atoms with Crippen molar-refractivity contribution < 1.29 is 9.53 Å². The van der Waals surface area contributed by atoms with Crippen LogP contribution in [0.4, 0.5) is 5.69 Å². The van der Waals surface area contributed by atoms with Crippen molar-refractivity contribution in [1.29, 1.82) is 0 Å². The van der Waals surface area contributed by atoms with Gasteiger partial charge in [-0.3, -0.25) is 14.7 Å². The Bertz CT molecular complexity index is 683. The molecule has 1 aliphatic heterocycles. The summed E-state index contributed by atoms with van der Waals surface area (Å²) < 4.78 is 5.88. The van der Waals surface area contributed by atoms with Gasteiger partial charge in [0.15, 0.2) is 0 Å². The molecule has 0 bridgehead atoms. The minimum Gasteiger partial charge on any atom is -0.369 e. The summed E-state index contributed by atoms with van der Waals surface area (Å²) in [5.74, 6) is -0.0515. The molecule has 2 aromatic rings. The lowest BCUT2D eigenvalue weighted by molar-refractivity contribution is -0.114. The molecule has 1 amide bonds. The highest BCUT2D eigenvalue weighted by atomic mass is 16.5. The first kappa shape index (κ1) is 16.6. The summed E-state index contributed by atoms with van der Waals surface area (Å²) in [7, 11) is 0. The zero-order valence-corrected chi connectivity index (χ0v) is 14.2. The number of pyridine rings is 1. The van der Waals surface area contributed by atoms with Crippen LogP contribution in [-0.4, -0.2) is 35.5 Å². The molecule has 0 saturated carbocycles. The smallest absolute Gasteiger partial charge is 0.221 e. The summed E-state index contributed by atoms with van der Waals surface area (Å²) in [4.78, 5) is 17.9. The van der Waals surface area contributed by atoms with Crippen LogP contribution in [0, 0.1) is 6.92 Å². The molecular formula is C19H23N3O2. The van der Waals surface area contributed by atoms with Crippen LogP contribution in [0.2, 0.25) is 0 Å². The number of nitrogens with one attached hydrogen (secondary N) is 1. The summed E-state index contributed by atoms with van der Waals surface area (Å²) in [6.07, 6.45) is 1.91. The largest absolute Gasteiger partial charge is 0.369 e. The van der Waals surface area contributed by atoms with Crippen molar-refractivity contribution in [2.24, 2.45) is 0 Å². The van der Waals surface area contributed by atoms with Gasteiger partial charge in [-0.1, -0.05) is 18.2 Å². The second-order valence-electron chi connectivity index (χ2n) is 6.23. The third-order valence-corrected chi connectivity index (χ3v) is 4.10. The van der Waals surface area contributed by atoms with Crippen LogP contribution < -0.4 is 5.32 Å². The molecular weight excluding hydrogens is 302 g/mol. The number of ether oxygens (including phenoxy) is 1. The minimum atomic E-state index is -0.0515. The summed E-state index contributed by atoms with van der Waals surface area (Å²) in [5, 5.41) is 2.79. The number of rotatable bonds is 4. The van der Waals surface area contributed by atoms with Gasteiger partial charge in [0.25, 0.3) is 0 Å². The van der Waals surface area contributed by atoms with Gasteiger partial charge in [0.05, 0.1) is 12.3 Å². The van der Waals surface area contributed by atoms with Crippen LogP contribution in [0.15, 0.2) is 42.6 Å². The van der Waals surface area contributed by atoms with Gasteiger partial charge >= 0.3 is 0 Å². The van der Waals surface area contributed by atoms with Gasteiger partial charge in [0, 0.05) is 38.4 Å². The molecule has 1 aliphatic rings. The van der Waals surface area contributed by atoms with E-state index in [9.17, 15) is 4.79 Å². The molecule has 1 fully saturated rings. The van der Waals surface area contributed by atoms with Crippen molar-refractivity contribution in [3.8, 4) is 0 Å². The molecule has 1 aromatic heterocycles. The maximum absolute atomic E-state index is 11.1. The maximum Gasteiger partial charge on any atom is 0.221 e. The molecule has 2 heterocycles. The topological polar surface area (TPSA) is 54.5 Å². The average molecular weight is 325 g/mol. The second-order valence-corrected chi connectivity index (χ2v) is 6.23. The molecule has 1 aromatic carbocycles. The number of hydrogen-bond donors (Lipinski definition) is 1. The van der Waals surface area contributed by atoms with E-state index in [-0.39, 0.29) is 12.0 Å². The van der Waals surface area contributed by atoms with E-state index in [1.807, 2.05) is 31.3 Å². The van der Waals surface area contributed by atoms with Crippen molar-refractivity contribution in [2.45, 2.75) is 26.5 Å². The zero-order chi connectivity index (χ0) is 16.9. The first-order valence-electron chi connectivity index (χ1n) is 8.23. The zero-order valence-electron chi connectivity index (χ0n) is 14.2. The fourth-order valence-corrected chi connectivity index (χ4v) is 2.85. The van der Waals surface area contributed by atoms with Crippen molar-refractivity contribution in [2.75, 3.05) is 25.0 Å². The number of aryl methyl sites for hydroxylation is 1. The average Bonchev–Trinajstić information content (AvgIpc) is 2.57. The van der Waals surface area contributed by atoms with Gasteiger partial charge in [-0.15, -0.1) is 0 Å². The summed E-state index contributed by atoms with van der Waals surface area (Å²) in [6.45, 7) is 6.88. The van der Waals surface area contributed by atoms with E-state index in [0.717, 1.165) is 36.6 Å². The summed E-state index contributed by atoms with van der Waals surface area (Å²) in [6, 6.07) is 12.1. The van der Waals surface area contributed by atoms with E-state index in [1.54, 1.807) is 0 Å². The maximum atomic E-state index is 11.1. The van der Waals surface area contributed by atoms with Gasteiger partial charge < -0.3 is 10.1 Å². The Labute approximate surface area is 142 Å². The van der Waals surface area contributed by atoms with E-state index in [1.165, 1.54) is 12.5 Å². The highest BCUT2D eigenvalue weighted by molar-refractivity contribution is 5.88. The molecule has 0 unspecified atom stereocenters. The highest BCUT2D eigenvalue weighted by Crippen LogP contribution is 2.22. The molecule has 0 aliphatic carbocycles. The number of aromatic nitrogens is 1. The highest BCUT2D eigenvalue weighted by Gasteiger charge is 2.22. The third-order valence-electron chi connectivity index (χ3n) is 4.10. The predicted octanol–water partition coefficient (Wildman–Crippen LogP) is 2.92. The van der Waals surface area contributed by atoms with Gasteiger partial charge in [-0.2, -0.15) is 0 Å². The molecule has 0 radical (unpaired) electrons. The van der Waals surface area contributed by atoms with Crippen molar-refractivity contribution in [3.05, 3.63) is 59.4 Å². The van der Waals surface area contributed by atoms with Crippen molar-refractivity contribution >= 4 is 11.6 Å². The number of hydrogen-bond acceptors (Lipinski definition) is 4. The Kier molecular flexibility index (Phi) is 5.23. The molecule has 5 heteroatoms. The molecule has 126 valence electrons. The van der Waals surface area contributed by atoms with E-state index >= 15 is 0 Å². The molecule has 1 saturated heterocycles. The van der Waals surface area contributed by atoms with Crippen LogP contribution in [0.3, 0.4) is 0 Å². The van der Waals surface area contributed by atoms with Crippen LogP contribution >= 0.6 is 0 Å². The van der Waals surface area contributed by atoms with Crippen molar-refractivity contribution in [1.82, 2.24) is 9.88 Å². The van der Waals surface area contributed by atoms with Gasteiger partial charge in [-0.25, -0.2) is 0 Å². The monoisotopic (exact) mass is 325 g/mol. The first-order chi connectivity index (χ1) is 11.6. The quantitative estimate of drug-likeness (QED) is 0.939. The van der Waals surface area contributed by atoms with Gasteiger partial charge in [0.2, 0.25) is 5.91 Å². The number of nitrogens with zero attached hydrogens (tertiary/aromatic N) is 2. The normalized spacial score (nSPS) is 18.3. The Hall–Kier alpha value is -2.24. The lowest BCUT2D eigenvalue weighted by Crippen LogP contribution is -2.38. The second kappa shape index (κ2) is 7.55. The van der Waals surface area contributed by atoms with Crippen molar-refractivity contribution in [3.63, 3.8) is 0 Å². The molecule has 0 spiro atoms. The Morgan fingerprint density at radius 2 is 2.08 bits per heavy atom. The van der Waals surface area contributed by atoms with Crippen LogP contribution in [0.25, 0.3) is 0 Å². The minimum absolute atomic E-state index is 0.0259. The lowest BCUT2D eigenvalue weighted by atomic mass is 10.1. The first-order valence-corrected chi connectivity index (χ1v) is 8.23. The van der Waals surface area contributed by atoms with E-state index in [4.69, 9.17) is 4.74 Å². The van der Waals surface area contributed by atoms with Crippen LogP contribution in [0.1, 0.15) is 29.8 Å². The number of amides is 1. The molecule has 1 atom stereocenters. The van der Waals surface area contributed by atoms with E-state index < -0.39 is 0 Å². The van der Waals surface area contributed by atoms with E-state index in [0.29, 0.717) is 6.61 Å². The number of carbonyl (C=O) groups is 1. The summed E-state index contributed by atoms with van der Waals surface area (Å²) in [5.41, 5.74) is 4.20. The Morgan fingerprint density at radius 3 is 2.75 bits per heavy atom. The fourth-order valence-electron chi connectivity index (χ4n) is 2.85. The molecule has 24 heavy (non-hydrogen) atoms. The van der Waals surface area contributed by atoms with Crippen LogP contribution in [-0.2, 0) is 16.1 Å². The number of morpholine rings is 1. The number of carbonyl (C=O) groups excluding carboxylic acids is 1. The predicted molar refractivity (Wildman–Crippen MR) is 93.7 cm³/mol. The van der Waals surface area contributed by atoms with Crippen LogP contribution in [0.5, 0.6) is 0 Å². The summed E-state index contributed by atoms with van der Waals surface area (Å²) >= 11 is 0. The third kappa shape index (κ3) is 4.40. The van der Waals surface area contributed by atoms with E-state index in [2.05, 4.69) is 33.4 Å². The molecule has 3 rings (SSSR count). The lowest BCUT2D eigenvalue weighted by Gasteiger charge is -2.32. The fraction of sp³-hybridized carbons (Fsp3) is 0.368. The Balaban J connectivity index is 1.60. The SMILES string of the molecule is CC(=O)Nc1ccc(CN2CCO[C@@H](c3ccc(C)cn3)C2)cc1. The standard InChI is InChI=1S/C19H23N3O2/c1-14-3-8-18(20-11-14)19-13-22(9-10-24-19)12-16-4-6-17(7-5-16)21-15(2)23/h3-8,11,19H,9-10,12-13H2,1-2H3,(H,21,23)/t19-/m1/s1. The number of benzene rings is 1. The molecule has 1 N–H and O–H groups in total. The Morgan fingerprint density at radius 1 is 1.29 bits per heavy atom. The number of anilines is 1. The van der Waals surface area contributed by atoms with Gasteiger partial charge in [-0.05, 0) is 36.2 Å². The molecule has 5 nitrogen and oxygen atoms in total.